The molecule has 6 nitrogen and oxygen atoms in total. The summed E-state index contributed by atoms with van der Waals surface area (Å²) in [5.41, 5.74) is 2.67. The first-order valence-corrected chi connectivity index (χ1v) is 8.47. The van der Waals surface area contributed by atoms with Crippen molar-refractivity contribution in [2.75, 3.05) is 7.11 Å². The van der Waals surface area contributed by atoms with Crippen LogP contribution in [0, 0.1) is 11.3 Å². The van der Waals surface area contributed by atoms with Gasteiger partial charge in [0.15, 0.2) is 17.5 Å². The fourth-order valence-corrected chi connectivity index (χ4v) is 3.12. The van der Waals surface area contributed by atoms with Gasteiger partial charge in [0, 0.05) is 24.6 Å². The molecule has 0 spiro atoms. The van der Waals surface area contributed by atoms with Crippen molar-refractivity contribution in [1.82, 2.24) is 9.55 Å². The maximum atomic E-state index is 12.9. The largest absolute Gasteiger partial charge is 0.496 e. The van der Waals surface area contributed by atoms with E-state index in [-0.39, 0.29) is 18.0 Å². The molecule has 0 N–H and O–H groups in total. The number of hydrogen-bond acceptors (Lipinski definition) is 5. The number of aryl methyl sites for hydroxylation is 1. The van der Waals surface area contributed by atoms with E-state index in [9.17, 15) is 14.9 Å². The van der Waals surface area contributed by atoms with E-state index in [1.807, 2.05) is 24.3 Å². The number of ether oxygens (including phenoxy) is 1. The zero-order valence-corrected chi connectivity index (χ0v) is 15.4. The third kappa shape index (κ3) is 3.44. The van der Waals surface area contributed by atoms with Gasteiger partial charge in [0.2, 0.25) is 0 Å². The number of fused-ring (bicyclic) bond motifs is 1. The van der Waals surface area contributed by atoms with E-state index in [4.69, 9.17) is 4.74 Å². The Morgan fingerprint density at radius 1 is 1.26 bits per heavy atom. The number of hydrogen-bond donors (Lipinski definition) is 0. The van der Waals surface area contributed by atoms with Gasteiger partial charge in [0.05, 0.1) is 24.2 Å². The standard InChI is InChI=1S/C21H19N3O3/c1-13(25)14-8-9-20(27-3)15(10-14)11-19(26)16(12-22)21-23-17-6-4-5-7-18(17)24(21)2/h4-10,16H,11H2,1-3H3. The van der Waals surface area contributed by atoms with Crippen molar-refractivity contribution >= 4 is 22.6 Å². The third-order valence-corrected chi connectivity index (χ3v) is 4.58. The number of nitrogens with zero attached hydrogens (tertiary/aromatic N) is 3. The Balaban J connectivity index is 1.96. The summed E-state index contributed by atoms with van der Waals surface area (Å²) < 4.78 is 7.07. The summed E-state index contributed by atoms with van der Waals surface area (Å²) in [6, 6.07) is 14.5. The van der Waals surface area contributed by atoms with Crippen LogP contribution in [-0.2, 0) is 18.3 Å². The zero-order chi connectivity index (χ0) is 19.6. The van der Waals surface area contributed by atoms with Crippen LogP contribution < -0.4 is 4.74 Å². The maximum absolute atomic E-state index is 12.9. The molecule has 3 rings (SSSR count). The topological polar surface area (TPSA) is 85.0 Å². The molecule has 1 aromatic heterocycles. The van der Waals surface area contributed by atoms with Crippen LogP contribution in [0.5, 0.6) is 5.75 Å². The molecular formula is C21H19N3O3. The molecule has 2 aromatic carbocycles. The van der Waals surface area contributed by atoms with Crippen LogP contribution in [0.4, 0.5) is 0 Å². The van der Waals surface area contributed by atoms with Crippen LogP contribution in [-0.4, -0.2) is 28.2 Å². The van der Waals surface area contributed by atoms with E-state index in [1.54, 1.807) is 29.8 Å². The number of benzene rings is 2. The quantitative estimate of drug-likeness (QED) is 0.630. The molecule has 136 valence electrons. The molecule has 0 fully saturated rings. The highest BCUT2D eigenvalue weighted by molar-refractivity contribution is 5.95. The van der Waals surface area contributed by atoms with Crippen molar-refractivity contribution in [3.63, 3.8) is 0 Å². The van der Waals surface area contributed by atoms with Gasteiger partial charge in [-0.1, -0.05) is 12.1 Å². The summed E-state index contributed by atoms with van der Waals surface area (Å²) >= 11 is 0. The fourth-order valence-electron chi connectivity index (χ4n) is 3.12. The highest BCUT2D eigenvalue weighted by Gasteiger charge is 2.26. The number of rotatable bonds is 6. The minimum absolute atomic E-state index is 0.0221. The number of para-hydroxylation sites is 2. The lowest BCUT2D eigenvalue weighted by Gasteiger charge is -2.12. The number of aromatic nitrogens is 2. The molecule has 0 aliphatic rings. The summed E-state index contributed by atoms with van der Waals surface area (Å²) in [4.78, 5) is 29.0. The van der Waals surface area contributed by atoms with E-state index in [0.29, 0.717) is 22.7 Å². The lowest BCUT2D eigenvalue weighted by atomic mass is 9.96. The Bertz CT molecular complexity index is 1080. The second-order valence-electron chi connectivity index (χ2n) is 6.31. The van der Waals surface area contributed by atoms with Gasteiger partial charge < -0.3 is 9.30 Å². The minimum Gasteiger partial charge on any atom is -0.496 e. The molecule has 0 aliphatic heterocycles. The second kappa shape index (κ2) is 7.42. The number of ketones is 2. The summed E-state index contributed by atoms with van der Waals surface area (Å²) in [6.07, 6.45) is -0.0221. The fraction of sp³-hybridized carbons (Fsp3) is 0.238. The van der Waals surface area contributed by atoms with Gasteiger partial charge >= 0.3 is 0 Å². The minimum atomic E-state index is -1.01. The average Bonchev–Trinajstić information content (AvgIpc) is 2.99. The third-order valence-electron chi connectivity index (χ3n) is 4.58. The van der Waals surface area contributed by atoms with Crippen molar-refractivity contribution < 1.29 is 14.3 Å². The molecule has 0 saturated carbocycles. The van der Waals surface area contributed by atoms with E-state index in [0.717, 1.165) is 11.0 Å². The summed E-state index contributed by atoms with van der Waals surface area (Å²) in [6.45, 7) is 1.46. The predicted molar refractivity (Wildman–Crippen MR) is 101 cm³/mol. The Hall–Kier alpha value is -3.46. The SMILES string of the molecule is COc1ccc(C(C)=O)cc1CC(=O)C(C#N)c1nc2ccccc2n1C. The highest BCUT2D eigenvalue weighted by Crippen LogP contribution is 2.26. The second-order valence-corrected chi connectivity index (χ2v) is 6.31. The van der Waals surface area contributed by atoms with Gasteiger partial charge in [0.1, 0.15) is 11.6 Å². The number of carbonyl (C=O) groups is 2. The number of Topliss-reactive ketones (excluding diaryl/α,β-unsaturated/α-hetero) is 2. The van der Waals surface area contributed by atoms with Gasteiger partial charge in [-0.05, 0) is 37.3 Å². The maximum Gasteiger partial charge on any atom is 0.163 e. The van der Waals surface area contributed by atoms with Gasteiger partial charge in [-0.25, -0.2) is 4.98 Å². The molecule has 0 amide bonds. The summed E-state index contributed by atoms with van der Waals surface area (Å²) in [5.74, 6) is -0.484. The van der Waals surface area contributed by atoms with E-state index in [2.05, 4.69) is 11.1 Å². The summed E-state index contributed by atoms with van der Waals surface area (Å²) in [7, 11) is 3.29. The van der Waals surface area contributed by atoms with Gasteiger partial charge in [-0.15, -0.1) is 0 Å². The lowest BCUT2D eigenvalue weighted by molar-refractivity contribution is -0.118. The van der Waals surface area contributed by atoms with Crippen molar-refractivity contribution in [2.45, 2.75) is 19.3 Å². The van der Waals surface area contributed by atoms with Gasteiger partial charge in [0.25, 0.3) is 0 Å². The Morgan fingerprint density at radius 3 is 2.63 bits per heavy atom. The molecule has 0 radical (unpaired) electrons. The van der Waals surface area contributed by atoms with Crippen molar-refractivity contribution in [3.05, 3.63) is 59.4 Å². The van der Waals surface area contributed by atoms with E-state index < -0.39 is 5.92 Å². The molecule has 1 heterocycles. The molecule has 0 bridgehead atoms. The zero-order valence-electron chi connectivity index (χ0n) is 15.4. The van der Waals surface area contributed by atoms with Crippen LogP contribution >= 0.6 is 0 Å². The smallest absolute Gasteiger partial charge is 0.163 e. The monoisotopic (exact) mass is 361 g/mol. The van der Waals surface area contributed by atoms with Gasteiger partial charge in [-0.2, -0.15) is 5.26 Å². The number of carbonyl (C=O) groups excluding carboxylic acids is 2. The van der Waals surface area contributed by atoms with Crippen molar-refractivity contribution in [1.29, 1.82) is 5.26 Å². The van der Waals surface area contributed by atoms with Crippen LogP contribution in [0.2, 0.25) is 0 Å². The molecule has 6 heteroatoms. The first-order valence-electron chi connectivity index (χ1n) is 8.47. The van der Waals surface area contributed by atoms with Crippen LogP contribution in [0.1, 0.15) is 34.6 Å². The Labute approximate surface area is 157 Å². The van der Waals surface area contributed by atoms with E-state index in [1.165, 1.54) is 14.0 Å². The Kier molecular flexibility index (Phi) is 5.04. The average molecular weight is 361 g/mol. The molecule has 0 aliphatic carbocycles. The van der Waals surface area contributed by atoms with Crippen molar-refractivity contribution in [3.8, 4) is 11.8 Å². The van der Waals surface area contributed by atoms with Crippen molar-refractivity contribution in [2.24, 2.45) is 7.05 Å². The van der Waals surface area contributed by atoms with Gasteiger partial charge in [-0.3, -0.25) is 9.59 Å². The normalized spacial score (nSPS) is 11.8. The number of methoxy groups -OCH3 is 1. The predicted octanol–water partition coefficient (Wildman–Crippen LogP) is 3.20. The molecule has 0 saturated heterocycles. The summed E-state index contributed by atoms with van der Waals surface area (Å²) in [5, 5.41) is 9.64. The van der Waals surface area contributed by atoms with Crippen LogP contribution in [0.3, 0.4) is 0 Å². The molecule has 1 unspecified atom stereocenters. The molecule has 1 atom stereocenters. The number of imidazole rings is 1. The molecular weight excluding hydrogens is 342 g/mol. The first kappa shape index (κ1) is 18.3. The number of nitriles is 1. The molecule has 3 aromatic rings. The Morgan fingerprint density at radius 2 is 2.00 bits per heavy atom. The lowest BCUT2D eigenvalue weighted by Crippen LogP contribution is -2.18. The van der Waals surface area contributed by atoms with Crippen LogP contribution in [0.25, 0.3) is 11.0 Å². The van der Waals surface area contributed by atoms with E-state index >= 15 is 0 Å². The molecule has 27 heavy (non-hydrogen) atoms. The van der Waals surface area contributed by atoms with Crippen LogP contribution in [0.15, 0.2) is 42.5 Å². The highest BCUT2D eigenvalue weighted by atomic mass is 16.5. The first-order chi connectivity index (χ1) is 13.0.